The number of rotatable bonds is 8. The number of nitrogens with one attached hydrogen (secondary N) is 2. The van der Waals surface area contributed by atoms with Crippen molar-refractivity contribution in [3.8, 4) is 5.75 Å². The Morgan fingerprint density at radius 2 is 1.89 bits per heavy atom. The van der Waals surface area contributed by atoms with Crippen molar-refractivity contribution in [3.63, 3.8) is 0 Å². The molecule has 3 amide bonds. The number of likely N-dealkylation sites (tertiary alicyclic amines) is 1. The van der Waals surface area contributed by atoms with E-state index in [-0.39, 0.29) is 41.0 Å². The minimum Gasteiger partial charge on any atom is -0.494 e. The molecule has 3 aliphatic heterocycles. The molecule has 2 aromatic carbocycles. The first kappa shape index (κ1) is 27.0. The number of hydrogen-bond acceptors (Lipinski definition) is 6. The second-order valence-corrected chi connectivity index (χ2v) is 12.9. The van der Waals surface area contributed by atoms with Gasteiger partial charge in [-0.3, -0.25) is 14.4 Å². The Bertz CT molecular complexity index is 1260. The van der Waals surface area contributed by atoms with E-state index in [2.05, 4.69) is 26.6 Å². The lowest BCUT2D eigenvalue weighted by Crippen LogP contribution is -2.53. The minimum atomic E-state index is -0.801. The van der Waals surface area contributed by atoms with Gasteiger partial charge in [-0.25, -0.2) is 0 Å². The zero-order valence-corrected chi connectivity index (χ0v) is 24.0. The number of β-amino-alcohol motifs (C(OH)–C–C–N with tert-alkyl or cyclic N) is 1. The third-order valence-electron chi connectivity index (χ3n) is 7.76. The van der Waals surface area contributed by atoms with E-state index in [0.717, 1.165) is 11.1 Å². The van der Waals surface area contributed by atoms with Gasteiger partial charge in [0.15, 0.2) is 0 Å². The van der Waals surface area contributed by atoms with Gasteiger partial charge in [-0.15, -0.1) is 11.8 Å². The van der Waals surface area contributed by atoms with Gasteiger partial charge in [0.05, 0.1) is 29.8 Å². The Hall–Kier alpha value is -2.56. The predicted octanol–water partition coefficient (Wildman–Crippen LogP) is 3.74. The number of alkyl halides is 1. The van der Waals surface area contributed by atoms with Gasteiger partial charge in [0.25, 0.3) is 0 Å². The average molecular weight is 603 g/mol. The number of amides is 3. The first-order valence-electron chi connectivity index (χ1n) is 12.8. The summed E-state index contributed by atoms with van der Waals surface area (Å²) in [6, 6.07) is 12.2. The van der Waals surface area contributed by atoms with E-state index in [0.29, 0.717) is 30.2 Å². The second-order valence-electron chi connectivity index (χ2n) is 10.2. The molecule has 202 valence electrons. The van der Waals surface area contributed by atoms with Crippen LogP contribution in [0.25, 0.3) is 0 Å². The highest BCUT2D eigenvalue weighted by molar-refractivity contribution is 9.09. The monoisotopic (exact) mass is 601 g/mol. The first-order chi connectivity index (χ1) is 18.2. The van der Waals surface area contributed by atoms with Crippen LogP contribution in [0.5, 0.6) is 5.75 Å². The topological polar surface area (TPSA) is 108 Å². The quantitative estimate of drug-likeness (QED) is 0.398. The maximum absolute atomic E-state index is 13.9. The number of anilines is 2. The van der Waals surface area contributed by atoms with Crippen LogP contribution >= 0.6 is 27.7 Å². The first-order valence-corrected chi connectivity index (χ1v) is 14.6. The van der Waals surface area contributed by atoms with Crippen molar-refractivity contribution in [2.24, 2.45) is 11.8 Å². The van der Waals surface area contributed by atoms with E-state index in [1.807, 2.05) is 39.0 Å². The Morgan fingerprint density at radius 3 is 2.58 bits per heavy atom. The van der Waals surface area contributed by atoms with E-state index in [1.165, 1.54) is 4.90 Å². The Morgan fingerprint density at radius 1 is 1.16 bits per heavy atom. The summed E-state index contributed by atoms with van der Waals surface area (Å²) in [5.41, 5.74) is 3.25. The summed E-state index contributed by atoms with van der Waals surface area (Å²) in [5.74, 6) is -1.34. The van der Waals surface area contributed by atoms with Gasteiger partial charge in [-0.05, 0) is 68.7 Å². The standard InChI is InChI=1S/C28H32BrN3O5S/c1-4-37-18-9-7-17(8-10-18)30-25(34)21-22-27(36)32(11-12-33)24(28(22)14-19(29)23(21)38-28)26(35)31-20-13-15(2)5-6-16(20)3/h5-10,13,19,21-24,33H,4,11-12,14H2,1-3H3,(H,30,34)(H,31,35)/t19?,21-,22-,23-,24?,28?/m0/s1. The number of carbonyl (C=O) groups is 3. The summed E-state index contributed by atoms with van der Waals surface area (Å²) in [7, 11) is 0. The van der Waals surface area contributed by atoms with Crippen molar-refractivity contribution in [2.75, 3.05) is 30.4 Å². The van der Waals surface area contributed by atoms with E-state index in [1.54, 1.807) is 36.0 Å². The zero-order valence-electron chi connectivity index (χ0n) is 21.6. The maximum Gasteiger partial charge on any atom is 0.248 e. The van der Waals surface area contributed by atoms with Gasteiger partial charge in [-0.1, -0.05) is 28.1 Å². The molecule has 0 aliphatic carbocycles. The summed E-state index contributed by atoms with van der Waals surface area (Å²) in [4.78, 5) is 42.8. The van der Waals surface area contributed by atoms with Gasteiger partial charge < -0.3 is 25.4 Å². The highest BCUT2D eigenvalue weighted by Gasteiger charge is 2.75. The largest absolute Gasteiger partial charge is 0.494 e. The van der Waals surface area contributed by atoms with Crippen LogP contribution in [0.2, 0.25) is 0 Å². The van der Waals surface area contributed by atoms with Gasteiger partial charge in [-0.2, -0.15) is 0 Å². The van der Waals surface area contributed by atoms with Crippen LogP contribution in [0.3, 0.4) is 0 Å². The van der Waals surface area contributed by atoms with E-state index in [9.17, 15) is 19.5 Å². The molecule has 2 aromatic rings. The van der Waals surface area contributed by atoms with Gasteiger partial charge in [0.1, 0.15) is 11.8 Å². The molecule has 0 saturated carbocycles. The number of nitrogens with zero attached hydrogens (tertiary/aromatic N) is 1. The van der Waals surface area contributed by atoms with Crippen molar-refractivity contribution in [3.05, 3.63) is 53.6 Å². The van der Waals surface area contributed by atoms with Crippen molar-refractivity contribution >= 4 is 56.8 Å². The fraction of sp³-hybridized carbons (Fsp3) is 0.464. The minimum absolute atomic E-state index is 0.0299. The summed E-state index contributed by atoms with van der Waals surface area (Å²) < 4.78 is 4.71. The summed E-state index contributed by atoms with van der Waals surface area (Å²) in [6.07, 6.45) is 0.582. The number of aryl methyl sites for hydroxylation is 2. The predicted molar refractivity (Wildman–Crippen MR) is 152 cm³/mol. The third kappa shape index (κ3) is 4.50. The lowest BCUT2D eigenvalue weighted by atomic mass is 9.70. The van der Waals surface area contributed by atoms with Crippen molar-refractivity contribution in [1.29, 1.82) is 0 Å². The Kier molecular flexibility index (Phi) is 7.50. The number of thioether (sulfide) groups is 1. The molecule has 5 rings (SSSR count). The molecule has 10 heteroatoms. The summed E-state index contributed by atoms with van der Waals surface area (Å²) >= 11 is 5.33. The number of aliphatic hydroxyl groups is 1. The third-order valence-corrected chi connectivity index (χ3v) is 11.0. The molecule has 0 radical (unpaired) electrons. The average Bonchev–Trinajstić information content (AvgIpc) is 3.46. The molecule has 3 saturated heterocycles. The molecule has 2 bridgehead atoms. The van der Waals surface area contributed by atoms with E-state index < -0.39 is 22.6 Å². The molecule has 8 nitrogen and oxygen atoms in total. The van der Waals surface area contributed by atoms with Crippen molar-refractivity contribution in [1.82, 2.24) is 4.90 Å². The Labute approximate surface area is 235 Å². The molecule has 3 aliphatic rings. The molecule has 3 heterocycles. The molecule has 38 heavy (non-hydrogen) atoms. The van der Waals surface area contributed by atoms with Gasteiger partial charge in [0, 0.05) is 28.0 Å². The SMILES string of the molecule is CCOc1ccc(NC(=O)[C@H]2[C@H]3C(=O)N(CCO)C(C(=O)Nc4cc(C)ccc4C)C34CC(Br)[C@@H]2S4)cc1. The molecule has 3 N–H and O–H groups in total. The normalized spacial score (nSPS) is 29.3. The van der Waals surface area contributed by atoms with Crippen LogP contribution in [0.15, 0.2) is 42.5 Å². The molecule has 3 unspecified atom stereocenters. The maximum atomic E-state index is 13.9. The van der Waals surface area contributed by atoms with Crippen LogP contribution < -0.4 is 15.4 Å². The lowest BCUT2D eigenvalue weighted by Gasteiger charge is -2.35. The van der Waals surface area contributed by atoms with Crippen LogP contribution in [0, 0.1) is 25.7 Å². The van der Waals surface area contributed by atoms with E-state index >= 15 is 0 Å². The molecule has 1 spiro atoms. The van der Waals surface area contributed by atoms with Crippen LogP contribution in [0.1, 0.15) is 24.5 Å². The zero-order chi connectivity index (χ0) is 27.2. The number of ether oxygens (including phenoxy) is 1. The van der Waals surface area contributed by atoms with Crippen LogP contribution in [-0.2, 0) is 14.4 Å². The Balaban J connectivity index is 1.45. The van der Waals surface area contributed by atoms with Crippen molar-refractivity contribution in [2.45, 2.75) is 48.1 Å². The van der Waals surface area contributed by atoms with Crippen LogP contribution in [0.4, 0.5) is 11.4 Å². The van der Waals surface area contributed by atoms with Crippen molar-refractivity contribution < 1.29 is 24.2 Å². The fourth-order valence-corrected chi connectivity index (χ4v) is 9.79. The van der Waals surface area contributed by atoms with Gasteiger partial charge >= 0.3 is 0 Å². The number of halogens is 1. The highest BCUT2D eigenvalue weighted by atomic mass is 79.9. The second kappa shape index (κ2) is 10.5. The fourth-order valence-electron chi connectivity index (χ4n) is 6.18. The van der Waals surface area contributed by atoms with Gasteiger partial charge in [0.2, 0.25) is 17.7 Å². The molecule has 6 atom stereocenters. The van der Waals surface area contributed by atoms with E-state index in [4.69, 9.17) is 4.74 Å². The number of fused-ring (bicyclic) bond motifs is 1. The smallest absolute Gasteiger partial charge is 0.248 e. The highest BCUT2D eigenvalue weighted by Crippen LogP contribution is 2.67. The molecular formula is C28H32BrN3O5S. The van der Waals surface area contributed by atoms with Crippen LogP contribution in [-0.4, -0.2) is 68.4 Å². The molecule has 3 fully saturated rings. The number of hydrogen-bond donors (Lipinski definition) is 3. The molecular weight excluding hydrogens is 570 g/mol. The molecule has 0 aromatic heterocycles. The summed E-state index contributed by atoms with van der Waals surface area (Å²) in [5, 5.41) is 15.7. The number of aliphatic hydroxyl groups excluding tert-OH is 1. The lowest BCUT2D eigenvalue weighted by molar-refractivity contribution is -0.138. The number of carbonyl (C=O) groups excluding carboxylic acids is 3. The summed E-state index contributed by atoms with van der Waals surface area (Å²) in [6.45, 7) is 6.10. The number of benzene rings is 2.